The van der Waals surface area contributed by atoms with Crippen LogP contribution in [0.1, 0.15) is 20.3 Å². The molecule has 1 aromatic rings. The van der Waals surface area contributed by atoms with Crippen LogP contribution in [0.2, 0.25) is 0 Å². The Bertz CT molecular complexity index is 478. The van der Waals surface area contributed by atoms with Crippen LogP contribution in [0.3, 0.4) is 0 Å². The smallest absolute Gasteiger partial charge is 0.225 e. The topological polar surface area (TPSA) is 34.0 Å². The van der Waals surface area contributed by atoms with Gasteiger partial charge in [-0.1, -0.05) is 25.1 Å². The molecule has 2 aliphatic rings. The third-order valence-electron chi connectivity index (χ3n) is 3.23. The molecular weight excluding hydrogens is 200 g/mol. The molecule has 1 aromatic carbocycles. The Hall–Kier alpha value is -1.64. The lowest BCUT2D eigenvalue weighted by atomic mass is 10.2. The molecule has 1 spiro atoms. The summed E-state index contributed by atoms with van der Waals surface area (Å²) in [5.41, 5.74) is 0.792. The molecule has 3 heteroatoms. The minimum absolute atomic E-state index is 0.139. The second-order valence-electron chi connectivity index (χ2n) is 4.51. The highest BCUT2D eigenvalue weighted by molar-refractivity contribution is 6.05. The first kappa shape index (κ1) is 9.58. The van der Waals surface area contributed by atoms with E-state index >= 15 is 0 Å². The van der Waals surface area contributed by atoms with Crippen molar-refractivity contribution < 1.29 is 4.74 Å². The fraction of sp³-hybridized carbons (Fsp3) is 0.385. The minimum Gasteiger partial charge on any atom is -0.427 e. The van der Waals surface area contributed by atoms with E-state index in [0.717, 1.165) is 23.9 Å². The molecule has 1 fully saturated rings. The van der Waals surface area contributed by atoms with Crippen molar-refractivity contribution in [3.63, 3.8) is 0 Å². The SMILES string of the molecule is CC1=NC2(CC2C)C(=Nc2ccccc2)O1. The zero-order valence-electron chi connectivity index (χ0n) is 9.47. The van der Waals surface area contributed by atoms with Gasteiger partial charge in [0.2, 0.25) is 5.90 Å². The van der Waals surface area contributed by atoms with Gasteiger partial charge in [-0.3, -0.25) is 0 Å². The summed E-state index contributed by atoms with van der Waals surface area (Å²) in [5, 5.41) is 0. The van der Waals surface area contributed by atoms with Gasteiger partial charge in [0.1, 0.15) is 5.54 Å². The van der Waals surface area contributed by atoms with Gasteiger partial charge in [-0.25, -0.2) is 9.98 Å². The van der Waals surface area contributed by atoms with Crippen molar-refractivity contribution in [3.8, 4) is 0 Å². The van der Waals surface area contributed by atoms with Crippen molar-refractivity contribution in [2.45, 2.75) is 25.8 Å². The van der Waals surface area contributed by atoms with Crippen LogP contribution in [0.4, 0.5) is 5.69 Å². The monoisotopic (exact) mass is 214 g/mol. The van der Waals surface area contributed by atoms with E-state index in [2.05, 4.69) is 16.9 Å². The lowest BCUT2D eigenvalue weighted by molar-refractivity contribution is 0.541. The van der Waals surface area contributed by atoms with Gasteiger partial charge >= 0.3 is 0 Å². The van der Waals surface area contributed by atoms with Crippen molar-refractivity contribution in [3.05, 3.63) is 30.3 Å². The molecule has 16 heavy (non-hydrogen) atoms. The molecule has 1 aliphatic heterocycles. The molecule has 2 atom stereocenters. The van der Waals surface area contributed by atoms with E-state index < -0.39 is 0 Å². The maximum absolute atomic E-state index is 5.61. The molecular formula is C13H14N2O. The highest BCUT2D eigenvalue weighted by Gasteiger charge is 2.60. The first-order chi connectivity index (χ1) is 7.71. The molecule has 3 rings (SSSR count). The van der Waals surface area contributed by atoms with E-state index in [1.807, 2.05) is 37.3 Å². The number of benzene rings is 1. The van der Waals surface area contributed by atoms with Gasteiger partial charge in [0, 0.05) is 6.92 Å². The van der Waals surface area contributed by atoms with Crippen LogP contribution < -0.4 is 0 Å². The molecule has 0 aromatic heterocycles. The molecule has 0 saturated heterocycles. The van der Waals surface area contributed by atoms with Gasteiger partial charge in [-0.2, -0.15) is 0 Å². The molecule has 0 radical (unpaired) electrons. The minimum atomic E-state index is -0.139. The van der Waals surface area contributed by atoms with Crippen LogP contribution in [-0.2, 0) is 4.74 Å². The summed E-state index contributed by atoms with van der Waals surface area (Å²) in [6.45, 7) is 4.08. The first-order valence-corrected chi connectivity index (χ1v) is 5.59. The standard InChI is InChI=1S/C13H14N2O/c1-9-8-13(9)12(16-10(2)15-13)14-11-6-4-3-5-7-11/h3-7,9H,8H2,1-2H3. The Balaban J connectivity index is 1.95. The molecule has 0 N–H and O–H groups in total. The van der Waals surface area contributed by atoms with Crippen LogP contribution >= 0.6 is 0 Å². The molecule has 0 bridgehead atoms. The summed E-state index contributed by atoms with van der Waals surface area (Å²) in [7, 11) is 0. The fourth-order valence-corrected chi connectivity index (χ4v) is 2.18. The molecule has 1 heterocycles. The second-order valence-corrected chi connectivity index (χ2v) is 4.51. The maximum atomic E-state index is 5.61. The number of rotatable bonds is 1. The van der Waals surface area contributed by atoms with Gasteiger partial charge in [-0.15, -0.1) is 0 Å². The van der Waals surface area contributed by atoms with Gasteiger partial charge in [0.25, 0.3) is 0 Å². The summed E-state index contributed by atoms with van der Waals surface area (Å²) in [4.78, 5) is 9.11. The molecule has 82 valence electrons. The van der Waals surface area contributed by atoms with E-state index in [-0.39, 0.29) is 5.54 Å². The van der Waals surface area contributed by atoms with Crippen molar-refractivity contribution in [1.29, 1.82) is 0 Å². The lowest BCUT2D eigenvalue weighted by Crippen LogP contribution is -2.18. The number of hydrogen-bond donors (Lipinski definition) is 0. The molecule has 3 nitrogen and oxygen atoms in total. The Morgan fingerprint density at radius 3 is 2.69 bits per heavy atom. The van der Waals surface area contributed by atoms with Gasteiger partial charge < -0.3 is 4.74 Å². The van der Waals surface area contributed by atoms with Crippen LogP contribution in [0.5, 0.6) is 0 Å². The van der Waals surface area contributed by atoms with E-state index in [0.29, 0.717) is 5.92 Å². The predicted molar refractivity (Wildman–Crippen MR) is 64.2 cm³/mol. The van der Waals surface area contributed by atoms with E-state index in [1.54, 1.807) is 0 Å². The average molecular weight is 214 g/mol. The first-order valence-electron chi connectivity index (χ1n) is 5.59. The zero-order chi connectivity index (χ0) is 11.2. The third kappa shape index (κ3) is 1.35. The molecule has 1 aliphatic carbocycles. The number of nitrogens with zero attached hydrogens (tertiary/aromatic N) is 2. The van der Waals surface area contributed by atoms with Crippen LogP contribution in [0, 0.1) is 5.92 Å². The Kier molecular flexibility index (Phi) is 1.90. The van der Waals surface area contributed by atoms with Gasteiger partial charge in [0.15, 0.2) is 5.90 Å². The maximum Gasteiger partial charge on any atom is 0.225 e. The summed E-state index contributed by atoms with van der Waals surface area (Å²) in [5.74, 6) is 2.05. The highest BCUT2D eigenvalue weighted by atomic mass is 16.5. The fourth-order valence-electron chi connectivity index (χ4n) is 2.18. The predicted octanol–water partition coefficient (Wildman–Crippen LogP) is 2.94. The number of aliphatic imine (C=N–C) groups is 2. The van der Waals surface area contributed by atoms with Crippen LogP contribution in [-0.4, -0.2) is 17.3 Å². The largest absolute Gasteiger partial charge is 0.427 e. The van der Waals surface area contributed by atoms with E-state index in [1.165, 1.54) is 0 Å². The summed E-state index contributed by atoms with van der Waals surface area (Å²) in [6, 6.07) is 9.89. The Morgan fingerprint density at radius 1 is 1.38 bits per heavy atom. The highest BCUT2D eigenvalue weighted by Crippen LogP contribution is 2.51. The van der Waals surface area contributed by atoms with Crippen molar-refractivity contribution in [2.24, 2.45) is 15.9 Å². The summed E-state index contributed by atoms with van der Waals surface area (Å²) in [6.07, 6.45) is 1.05. The Labute approximate surface area is 94.9 Å². The van der Waals surface area contributed by atoms with E-state index in [4.69, 9.17) is 4.74 Å². The van der Waals surface area contributed by atoms with Crippen molar-refractivity contribution in [2.75, 3.05) is 0 Å². The average Bonchev–Trinajstić information content (AvgIpc) is 2.79. The molecule has 2 unspecified atom stereocenters. The van der Waals surface area contributed by atoms with Crippen molar-refractivity contribution >= 4 is 17.5 Å². The van der Waals surface area contributed by atoms with E-state index in [9.17, 15) is 0 Å². The number of para-hydroxylation sites is 1. The lowest BCUT2D eigenvalue weighted by Gasteiger charge is -2.05. The van der Waals surface area contributed by atoms with Gasteiger partial charge in [-0.05, 0) is 24.5 Å². The number of hydrogen-bond acceptors (Lipinski definition) is 3. The second kappa shape index (κ2) is 3.17. The quantitative estimate of drug-likeness (QED) is 0.707. The van der Waals surface area contributed by atoms with Gasteiger partial charge in [0.05, 0.1) is 5.69 Å². The zero-order valence-corrected chi connectivity index (χ0v) is 9.47. The molecule has 1 saturated carbocycles. The Morgan fingerprint density at radius 2 is 2.06 bits per heavy atom. The third-order valence-corrected chi connectivity index (χ3v) is 3.23. The number of ether oxygens (including phenoxy) is 1. The normalized spacial score (nSPS) is 34.0. The van der Waals surface area contributed by atoms with Crippen molar-refractivity contribution in [1.82, 2.24) is 0 Å². The summed E-state index contributed by atoms with van der Waals surface area (Å²) < 4.78 is 5.61. The summed E-state index contributed by atoms with van der Waals surface area (Å²) >= 11 is 0. The van der Waals surface area contributed by atoms with Crippen LogP contribution in [0.15, 0.2) is 40.3 Å². The van der Waals surface area contributed by atoms with Crippen LogP contribution in [0.25, 0.3) is 0 Å². The molecule has 0 amide bonds.